The van der Waals surface area contributed by atoms with Crippen molar-refractivity contribution in [2.24, 2.45) is 5.92 Å². The van der Waals surface area contributed by atoms with Gasteiger partial charge in [0.05, 0.1) is 5.69 Å². The van der Waals surface area contributed by atoms with Crippen LogP contribution in [0.1, 0.15) is 29.9 Å². The molecule has 1 aromatic heterocycles. The van der Waals surface area contributed by atoms with Gasteiger partial charge in [0.1, 0.15) is 11.6 Å². The molecule has 26 heavy (non-hydrogen) atoms. The summed E-state index contributed by atoms with van der Waals surface area (Å²) in [6, 6.07) is 14.3. The van der Waals surface area contributed by atoms with E-state index < -0.39 is 0 Å². The van der Waals surface area contributed by atoms with Crippen LogP contribution in [0, 0.1) is 11.7 Å². The van der Waals surface area contributed by atoms with Crippen LogP contribution in [0.25, 0.3) is 5.69 Å². The molecule has 1 heterocycles. The van der Waals surface area contributed by atoms with Gasteiger partial charge in [0.2, 0.25) is 0 Å². The summed E-state index contributed by atoms with van der Waals surface area (Å²) in [6.45, 7) is 1.81. The molecule has 4 rings (SSSR count). The molecule has 0 atom stereocenters. The van der Waals surface area contributed by atoms with Crippen molar-refractivity contribution in [3.8, 4) is 5.69 Å². The molecule has 1 aliphatic carbocycles. The van der Waals surface area contributed by atoms with E-state index in [-0.39, 0.29) is 5.82 Å². The number of imidazole rings is 1. The van der Waals surface area contributed by atoms with Gasteiger partial charge in [-0.15, -0.1) is 0 Å². The van der Waals surface area contributed by atoms with Gasteiger partial charge < -0.3 is 9.88 Å². The summed E-state index contributed by atoms with van der Waals surface area (Å²) in [5, 5.41) is 4.20. The first kappa shape index (κ1) is 17.3. The Hall–Kier alpha value is -2.17. The van der Waals surface area contributed by atoms with Crippen molar-refractivity contribution in [1.82, 2.24) is 14.9 Å². The van der Waals surface area contributed by atoms with Crippen LogP contribution in [0.3, 0.4) is 0 Å². The van der Waals surface area contributed by atoms with Crippen LogP contribution in [-0.2, 0) is 13.0 Å². The molecule has 0 bridgehead atoms. The molecule has 5 heteroatoms. The predicted molar refractivity (Wildman–Crippen MR) is 102 cm³/mol. The second-order valence-electron chi connectivity index (χ2n) is 6.87. The van der Waals surface area contributed by atoms with Crippen molar-refractivity contribution in [2.45, 2.75) is 25.8 Å². The van der Waals surface area contributed by atoms with Gasteiger partial charge in [0, 0.05) is 29.9 Å². The Labute approximate surface area is 157 Å². The van der Waals surface area contributed by atoms with E-state index in [9.17, 15) is 4.39 Å². The third-order valence-electron chi connectivity index (χ3n) is 4.65. The minimum absolute atomic E-state index is 0.222. The Kier molecular flexibility index (Phi) is 5.05. The summed E-state index contributed by atoms with van der Waals surface area (Å²) in [5.41, 5.74) is 3.06. The highest BCUT2D eigenvalue weighted by molar-refractivity contribution is 6.30. The zero-order chi connectivity index (χ0) is 17.9. The van der Waals surface area contributed by atoms with E-state index in [0.29, 0.717) is 11.4 Å². The quantitative estimate of drug-likeness (QED) is 0.651. The van der Waals surface area contributed by atoms with Gasteiger partial charge in [-0.2, -0.15) is 0 Å². The fourth-order valence-corrected chi connectivity index (χ4v) is 3.14. The van der Waals surface area contributed by atoms with Gasteiger partial charge in [-0.3, -0.25) is 0 Å². The Morgan fingerprint density at radius 2 is 1.81 bits per heavy atom. The summed E-state index contributed by atoms with van der Waals surface area (Å²) in [4.78, 5) is 4.82. The summed E-state index contributed by atoms with van der Waals surface area (Å²) in [5.74, 6) is 1.55. The van der Waals surface area contributed by atoms with Crippen LogP contribution in [0.5, 0.6) is 0 Å². The zero-order valence-corrected chi connectivity index (χ0v) is 15.2. The van der Waals surface area contributed by atoms with Crippen molar-refractivity contribution in [3.05, 3.63) is 82.6 Å². The second kappa shape index (κ2) is 7.60. The molecule has 1 saturated carbocycles. The van der Waals surface area contributed by atoms with E-state index in [2.05, 4.69) is 16.1 Å². The first-order valence-corrected chi connectivity index (χ1v) is 9.33. The molecule has 1 N–H and O–H groups in total. The molecule has 3 aromatic rings. The SMILES string of the molecule is Fc1ccc(Cc2nc(CNCC3CC3)cn2-c2ccc(Cl)cc2)cc1. The first-order chi connectivity index (χ1) is 12.7. The molecule has 0 saturated heterocycles. The topological polar surface area (TPSA) is 29.9 Å². The number of rotatable bonds is 7. The summed E-state index contributed by atoms with van der Waals surface area (Å²) in [7, 11) is 0. The van der Waals surface area contributed by atoms with Gasteiger partial charge >= 0.3 is 0 Å². The van der Waals surface area contributed by atoms with Crippen molar-refractivity contribution in [2.75, 3.05) is 6.54 Å². The van der Waals surface area contributed by atoms with Crippen molar-refractivity contribution >= 4 is 11.6 Å². The fourth-order valence-electron chi connectivity index (χ4n) is 3.02. The van der Waals surface area contributed by atoms with Crippen LogP contribution in [-0.4, -0.2) is 16.1 Å². The van der Waals surface area contributed by atoms with Crippen LogP contribution < -0.4 is 5.32 Å². The highest BCUT2D eigenvalue weighted by atomic mass is 35.5. The average Bonchev–Trinajstić information content (AvgIpc) is 3.38. The molecule has 0 unspecified atom stereocenters. The molecule has 0 radical (unpaired) electrons. The molecular formula is C21H21ClFN3. The second-order valence-corrected chi connectivity index (χ2v) is 7.31. The molecule has 0 amide bonds. The lowest BCUT2D eigenvalue weighted by Crippen LogP contribution is -2.16. The maximum Gasteiger partial charge on any atom is 0.123 e. The van der Waals surface area contributed by atoms with E-state index in [0.717, 1.165) is 41.8 Å². The van der Waals surface area contributed by atoms with E-state index in [1.165, 1.54) is 25.0 Å². The van der Waals surface area contributed by atoms with Gasteiger partial charge in [-0.25, -0.2) is 9.37 Å². The Bertz CT molecular complexity index is 867. The van der Waals surface area contributed by atoms with Crippen LogP contribution in [0.2, 0.25) is 5.02 Å². The number of nitrogens with one attached hydrogen (secondary N) is 1. The molecule has 1 aliphatic rings. The van der Waals surface area contributed by atoms with Crippen molar-refractivity contribution in [1.29, 1.82) is 0 Å². The number of hydrogen-bond donors (Lipinski definition) is 1. The third-order valence-corrected chi connectivity index (χ3v) is 4.90. The molecule has 2 aromatic carbocycles. The van der Waals surface area contributed by atoms with Gasteiger partial charge in [0.15, 0.2) is 0 Å². The van der Waals surface area contributed by atoms with E-state index >= 15 is 0 Å². The van der Waals surface area contributed by atoms with E-state index in [1.807, 2.05) is 24.3 Å². The minimum atomic E-state index is -0.222. The molecule has 134 valence electrons. The molecular weight excluding hydrogens is 349 g/mol. The van der Waals surface area contributed by atoms with Crippen LogP contribution in [0.15, 0.2) is 54.7 Å². The highest BCUT2D eigenvalue weighted by Gasteiger charge is 2.20. The van der Waals surface area contributed by atoms with Crippen molar-refractivity contribution in [3.63, 3.8) is 0 Å². The smallest absolute Gasteiger partial charge is 0.123 e. The third kappa shape index (κ3) is 4.32. The summed E-state index contributed by atoms with van der Waals surface area (Å²) >= 11 is 6.02. The molecule has 0 spiro atoms. The summed E-state index contributed by atoms with van der Waals surface area (Å²) in [6.07, 6.45) is 5.39. The van der Waals surface area contributed by atoms with Crippen LogP contribution >= 0.6 is 11.6 Å². The lowest BCUT2D eigenvalue weighted by atomic mass is 10.1. The number of hydrogen-bond acceptors (Lipinski definition) is 2. The fraction of sp³-hybridized carbons (Fsp3) is 0.286. The number of aromatic nitrogens is 2. The monoisotopic (exact) mass is 369 g/mol. The molecule has 1 fully saturated rings. The predicted octanol–water partition coefficient (Wildman–Crippen LogP) is 4.76. The van der Waals surface area contributed by atoms with Crippen molar-refractivity contribution < 1.29 is 4.39 Å². The lowest BCUT2D eigenvalue weighted by molar-refractivity contribution is 0.627. The van der Waals surface area contributed by atoms with Crippen LogP contribution in [0.4, 0.5) is 4.39 Å². The number of halogens is 2. The molecule has 0 aliphatic heterocycles. The Morgan fingerprint density at radius 1 is 1.08 bits per heavy atom. The zero-order valence-electron chi connectivity index (χ0n) is 14.5. The van der Waals surface area contributed by atoms with Gasteiger partial charge in [-0.05, 0) is 67.3 Å². The normalized spacial score (nSPS) is 13.9. The Balaban J connectivity index is 1.58. The largest absolute Gasteiger partial charge is 0.311 e. The van der Waals surface area contributed by atoms with E-state index in [4.69, 9.17) is 16.6 Å². The maximum atomic E-state index is 13.2. The van der Waals surface area contributed by atoms with Gasteiger partial charge in [0.25, 0.3) is 0 Å². The lowest BCUT2D eigenvalue weighted by Gasteiger charge is -2.08. The Morgan fingerprint density at radius 3 is 2.50 bits per heavy atom. The average molecular weight is 370 g/mol. The number of benzene rings is 2. The summed E-state index contributed by atoms with van der Waals surface area (Å²) < 4.78 is 15.3. The number of nitrogens with zero attached hydrogens (tertiary/aromatic N) is 2. The van der Waals surface area contributed by atoms with Gasteiger partial charge in [-0.1, -0.05) is 23.7 Å². The maximum absolute atomic E-state index is 13.2. The first-order valence-electron chi connectivity index (χ1n) is 8.95. The highest BCUT2D eigenvalue weighted by Crippen LogP contribution is 2.27. The molecule has 3 nitrogen and oxygen atoms in total. The minimum Gasteiger partial charge on any atom is -0.311 e. The van der Waals surface area contributed by atoms with E-state index in [1.54, 1.807) is 12.1 Å². The standard InChI is InChI=1S/C21H21ClFN3/c22-17-5-9-20(10-6-17)26-14-19(13-24-12-16-1-2-16)25-21(26)11-15-3-7-18(23)8-4-15/h3-10,14,16,24H,1-2,11-13H2.